The van der Waals surface area contributed by atoms with Gasteiger partial charge in [-0.1, -0.05) is 0 Å². The molecular formula is C9H11N3OS. The molecular weight excluding hydrogens is 198 g/mol. The van der Waals surface area contributed by atoms with Crippen LogP contribution in [-0.4, -0.2) is 11.9 Å². The molecule has 0 saturated heterocycles. The van der Waals surface area contributed by atoms with Gasteiger partial charge in [0.15, 0.2) is 0 Å². The molecule has 0 radical (unpaired) electrons. The topological polar surface area (TPSA) is 67.5 Å². The number of amides is 2. The fraction of sp³-hybridized carbons (Fsp3) is 0.333. The Hall–Kier alpha value is -1.36. The third-order valence-corrected chi connectivity index (χ3v) is 3.17. The summed E-state index contributed by atoms with van der Waals surface area (Å²) < 4.78 is 0. The van der Waals surface area contributed by atoms with Crippen LogP contribution in [0.25, 0.3) is 0 Å². The number of carbonyl (C=O) groups excluding carboxylic acids is 1. The Bertz CT molecular complexity index is 422. The summed E-state index contributed by atoms with van der Waals surface area (Å²) in [5.41, 5.74) is 6.71. The molecule has 1 aromatic rings. The van der Waals surface area contributed by atoms with Crippen molar-refractivity contribution in [2.45, 2.75) is 19.9 Å². The Morgan fingerprint density at radius 3 is 2.71 bits per heavy atom. The number of hydrogen-bond acceptors (Lipinski definition) is 3. The number of amidine groups is 1. The molecule has 5 heteroatoms. The van der Waals surface area contributed by atoms with Crippen LogP contribution in [0.4, 0.5) is 4.79 Å². The molecule has 0 bridgehead atoms. The second-order valence-electron chi connectivity index (χ2n) is 3.29. The minimum atomic E-state index is -0.351. The third-order valence-electron chi connectivity index (χ3n) is 2.18. The molecule has 1 aliphatic rings. The number of nitrogens with one attached hydrogen (secondary N) is 1. The lowest BCUT2D eigenvalue weighted by atomic mass is 10.1. The highest BCUT2D eigenvalue weighted by Gasteiger charge is 2.27. The zero-order valence-electron chi connectivity index (χ0n) is 8.00. The van der Waals surface area contributed by atoms with Gasteiger partial charge in [0.1, 0.15) is 11.9 Å². The van der Waals surface area contributed by atoms with Gasteiger partial charge in [0.05, 0.1) is 0 Å². The van der Waals surface area contributed by atoms with E-state index in [-0.39, 0.29) is 12.1 Å². The van der Waals surface area contributed by atoms with Crippen molar-refractivity contribution in [3.05, 3.63) is 21.4 Å². The minimum absolute atomic E-state index is 0.229. The molecule has 2 rings (SSSR count). The molecule has 0 saturated carbocycles. The van der Waals surface area contributed by atoms with Gasteiger partial charge in [-0.15, -0.1) is 11.3 Å². The first-order valence-corrected chi connectivity index (χ1v) is 5.11. The maximum atomic E-state index is 11.0. The van der Waals surface area contributed by atoms with E-state index in [1.54, 1.807) is 11.3 Å². The van der Waals surface area contributed by atoms with Gasteiger partial charge in [-0.05, 0) is 25.5 Å². The second-order valence-corrected chi connectivity index (χ2v) is 4.75. The summed E-state index contributed by atoms with van der Waals surface area (Å²) in [6.07, 6.45) is 0. The SMILES string of the molecule is Cc1cc(C2NC(=O)N=C2N)c(C)s1. The largest absolute Gasteiger partial charge is 0.385 e. The summed E-state index contributed by atoms with van der Waals surface area (Å²) in [5.74, 6) is 0.357. The van der Waals surface area contributed by atoms with E-state index >= 15 is 0 Å². The summed E-state index contributed by atoms with van der Waals surface area (Å²) >= 11 is 1.70. The van der Waals surface area contributed by atoms with Gasteiger partial charge in [-0.25, -0.2) is 4.79 Å². The van der Waals surface area contributed by atoms with E-state index in [1.807, 2.05) is 19.9 Å². The number of aryl methyl sites for hydroxylation is 2. The Morgan fingerprint density at radius 2 is 2.29 bits per heavy atom. The molecule has 0 fully saturated rings. The predicted molar refractivity (Wildman–Crippen MR) is 56.7 cm³/mol. The van der Waals surface area contributed by atoms with Gasteiger partial charge in [-0.3, -0.25) is 0 Å². The smallest absolute Gasteiger partial charge is 0.343 e. The molecule has 1 aromatic heterocycles. The number of urea groups is 1. The average molecular weight is 209 g/mol. The van der Waals surface area contributed by atoms with Gasteiger partial charge in [0, 0.05) is 9.75 Å². The lowest BCUT2D eigenvalue weighted by Gasteiger charge is -2.09. The van der Waals surface area contributed by atoms with E-state index in [2.05, 4.69) is 10.3 Å². The molecule has 4 nitrogen and oxygen atoms in total. The van der Waals surface area contributed by atoms with Gasteiger partial charge < -0.3 is 11.1 Å². The maximum Gasteiger partial charge on any atom is 0.343 e. The monoisotopic (exact) mass is 209 g/mol. The fourth-order valence-electron chi connectivity index (χ4n) is 1.59. The van der Waals surface area contributed by atoms with Crippen LogP contribution in [0.3, 0.4) is 0 Å². The number of nitrogens with zero attached hydrogens (tertiary/aromatic N) is 1. The lowest BCUT2D eigenvalue weighted by molar-refractivity contribution is 0.250. The molecule has 74 valence electrons. The summed E-state index contributed by atoms with van der Waals surface area (Å²) in [6, 6.07) is 1.46. The van der Waals surface area contributed by atoms with E-state index in [1.165, 1.54) is 9.75 Å². The number of thiophene rings is 1. The van der Waals surface area contributed by atoms with Gasteiger partial charge in [0.25, 0.3) is 0 Å². The first-order chi connectivity index (χ1) is 6.58. The van der Waals surface area contributed by atoms with E-state index in [9.17, 15) is 4.79 Å². The van der Waals surface area contributed by atoms with Crippen molar-refractivity contribution in [2.24, 2.45) is 10.7 Å². The van der Waals surface area contributed by atoms with Crippen molar-refractivity contribution < 1.29 is 4.79 Å². The van der Waals surface area contributed by atoms with E-state index < -0.39 is 0 Å². The van der Waals surface area contributed by atoms with E-state index in [0.717, 1.165) is 5.56 Å². The fourth-order valence-corrected chi connectivity index (χ4v) is 2.55. The normalized spacial score (nSPS) is 20.9. The number of carbonyl (C=O) groups is 1. The molecule has 2 heterocycles. The molecule has 0 aliphatic carbocycles. The van der Waals surface area contributed by atoms with Crippen molar-refractivity contribution in [2.75, 3.05) is 0 Å². The summed E-state index contributed by atoms with van der Waals surface area (Å²) in [4.78, 5) is 17.0. The molecule has 1 aliphatic heterocycles. The van der Waals surface area contributed by atoms with Gasteiger partial charge in [-0.2, -0.15) is 4.99 Å². The number of nitrogens with two attached hydrogens (primary N) is 1. The molecule has 1 unspecified atom stereocenters. The lowest BCUT2D eigenvalue weighted by Crippen LogP contribution is -2.27. The highest BCUT2D eigenvalue weighted by molar-refractivity contribution is 7.12. The number of hydrogen-bond donors (Lipinski definition) is 2. The van der Waals surface area contributed by atoms with E-state index in [0.29, 0.717) is 5.84 Å². The summed E-state index contributed by atoms with van der Waals surface area (Å²) in [6.45, 7) is 4.05. The first kappa shape index (κ1) is 9.21. The molecule has 2 amide bonds. The third kappa shape index (κ3) is 1.39. The predicted octanol–water partition coefficient (Wildman–Crippen LogP) is 1.49. The van der Waals surface area contributed by atoms with Crippen molar-refractivity contribution in [3.8, 4) is 0 Å². The molecule has 0 spiro atoms. The Labute approximate surface area is 85.8 Å². The molecule has 14 heavy (non-hydrogen) atoms. The van der Waals surface area contributed by atoms with Crippen molar-refractivity contribution >= 4 is 23.2 Å². The number of rotatable bonds is 1. The Balaban J connectivity index is 2.37. The molecule has 3 N–H and O–H groups in total. The minimum Gasteiger partial charge on any atom is -0.385 e. The van der Waals surface area contributed by atoms with Crippen LogP contribution in [-0.2, 0) is 0 Å². The summed E-state index contributed by atoms with van der Waals surface area (Å²) in [7, 11) is 0. The van der Waals surface area contributed by atoms with Crippen LogP contribution in [0.2, 0.25) is 0 Å². The highest BCUT2D eigenvalue weighted by atomic mass is 32.1. The van der Waals surface area contributed by atoms with Crippen LogP contribution in [0.15, 0.2) is 11.1 Å². The van der Waals surface area contributed by atoms with Crippen LogP contribution in [0, 0.1) is 13.8 Å². The quantitative estimate of drug-likeness (QED) is 0.735. The van der Waals surface area contributed by atoms with E-state index in [4.69, 9.17) is 5.73 Å². The van der Waals surface area contributed by atoms with Crippen LogP contribution < -0.4 is 11.1 Å². The summed E-state index contributed by atoms with van der Waals surface area (Å²) in [5, 5.41) is 2.71. The molecule has 0 aromatic carbocycles. The number of aliphatic imine (C=N–C) groups is 1. The van der Waals surface area contributed by atoms with Gasteiger partial charge >= 0.3 is 6.03 Å². The maximum absolute atomic E-state index is 11.0. The Morgan fingerprint density at radius 1 is 1.57 bits per heavy atom. The molecule has 1 atom stereocenters. The first-order valence-electron chi connectivity index (χ1n) is 4.29. The van der Waals surface area contributed by atoms with Gasteiger partial charge in [0.2, 0.25) is 0 Å². The Kier molecular flexibility index (Phi) is 2.03. The average Bonchev–Trinajstić information content (AvgIpc) is 2.55. The van der Waals surface area contributed by atoms with Crippen LogP contribution >= 0.6 is 11.3 Å². The highest BCUT2D eigenvalue weighted by Crippen LogP contribution is 2.28. The standard InChI is InChI=1S/C9H11N3OS/c1-4-3-6(5(2)14-4)7-8(10)12-9(13)11-7/h3,7H,1-2H3,(H3,10,11,12,13). The second kappa shape index (κ2) is 3.09. The van der Waals surface area contributed by atoms with Crippen LogP contribution in [0.1, 0.15) is 21.4 Å². The van der Waals surface area contributed by atoms with Crippen molar-refractivity contribution in [3.63, 3.8) is 0 Å². The van der Waals surface area contributed by atoms with Crippen molar-refractivity contribution in [1.82, 2.24) is 5.32 Å². The van der Waals surface area contributed by atoms with Crippen LogP contribution in [0.5, 0.6) is 0 Å². The van der Waals surface area contributed by atoms with Crippen molar-refractivity contribution in [1.29, 1.82) is 0 Å². The zero-order chi connectivity index (χ0) is 10.3. The zero-order valence-corrected chi connectivity index (χ0v) is 8.81.